The standard InChI is InChI=1S/C10H10N4O/c1-15-5-3-9-12-13-10-6-8(7-11)2-4-14(9)10/h2,4,6H,3,5H2,1H3. The van der Waals surface area contributed by atoms with Crippen LogP contribution in [-0.2, 0) is 11.2 Å². The first-order valence-electron chi connectivity index (χ1n) is 4.58. The summed E-state index contributed by atoms with van der Waals surface area (Å²) < 4.78 is 6.84. The summed E-state index contributed by atoms with van der Waals surface area (Å²) in [6.45, 7) is 0.612. The molecule has 0 aliphatic heterocycles. The van der Waals surface area contributed by atoms with E-state index in [0.29, 0.717) is 24.2 Å². The van der Waals surface area contributed by atoms with Gasteiger partial charge in [-0.15, -0.1) is 10.2 Å². The van der Waals surface area contributed by atoms with Crippen LogP contribution in [0.2, 0.25) is 0 Å². The largest absolute Gasteiger partial charge is 0.384 e. The Morgan fingerprint density at radius 2 is 2.40 bits per heavy atom. The minimum Gasteiger partial charge on any atom is -0.384 e. The Hall–Kier alpha value is -1.93. The normalized spacial score (nSPS) is 10.4. The molecule has 76 valence electrons. The van der Waals surface area contributed by atoms with E-state index in [4.69, 9.17) is 10.00 Å². The summed E-state index contributed by atoms with van der Waals surface area (Å²) in [6.07, 6.45) is 2.52. The van der Waals surface area contributed by atoms with E-state index in [0.717, 1.165) is 5.82 Å². The highest BCUT2D eigenvalue weighted by molar-refractivity contribution is 5.45. The number of pyridine rings is 1. The zero-order valence-electron chi connectivity index (χ0n) is 8.34. The summed E-state index contributed by atoms with van der Waals surface area (Å²) >= 11 is 0. The van der Waals surface area contributed by atoms with Gasteiger partial charge in [0.1, 0.15) is 5.82 Å². The molecule has 0 aliphatic carbocycles. The Kier molecular flexibility index (Phi) is 2.61. The van der Waals surface area contributed by atoms with Gasteiger partial charge in [-0.1, -0.05) is 0 Å². The van der Waals surface area contributed by atoms with Crippen molar-refractivity contribution in [1.82, 2.24) is 14.6 Å². The summed E-state index contributed by atoms with van der Waals surface area (Å²) in [5.41, 5.74) is 1.29. The van der Waals surface area contributed by atoms with Gasteiger partial charge in [0, 0.05) is 25.8 Å². The molecule has 2 aromatic heterocycles. The fourth-order valence-electron chi connectivity index (χ4n) is 1.37. The van der Waals surface area contributed by atoms with Crippen molar-refractivity contribution in [3.05, 3.63) is 29.7 Å². The molecule has 2 aromatic rings. The Morgan fingerprint density at radius 3 is 3.13 bits per heavy atom. The van der Waals surface area contributed by atoms with Crippen molar-refractivity contribution >= 4 is 5.65 Å². The van der Waals surface area contributed by atoms with E-state index in [1.807, 2.05) is 4.40 Å². The van der Waals surface area contributed by atoms with Gasteiger partial charge in [0.2, 0.25) is 0 Å². The highest BCUT2D eigenvalue weighted by Crippen LogP contribution is 2.06. The van der Waals surface area contributed by atoms with E-state index in [1.54, 1.807) is 25.4 Å². The molecule has 0 aliphatic rings. The molecule has 2 heterocycles. The van der Waals surface area contributed by atoms with Crippen molar-refractivity contribution in [2.45, 2.75) is 6.42 Å². The molecule has 0 fully saturated rings. The summed E-state index contributed by atoms with van der Waals surface area (Å²) in [5.74, 6) is 0.844. The van der Waals surface area contributed by atoms with E-state index in [1.165, 1.54) is 0 Å². The molecule has 2 rings (SSSR count). The molecule has 5 heteroatoms. The van der Waals surface area contributed by atoms with Gasteiger partial charge in [-0.2, -0.15) is 5.26 Å². The summed E-state index contributed by atoms with van der Waals surface area (Å²) in [7, 11) is 1.65. The lowest BCUT2D eigenvalue weighted by molar-refractivity contribution is 0.200. The number of aromatic nitrogens is 3. The zero-order chi connectivity index (χ0) is 10.7. The Bertz CT molecular complexity index is 512. The maximum Gasteiger partial charge on any atom is 0.162 e. The first-order valence-corrected chi connectivity index (χ1v) is 4.58. The van der Waals surface area contributed by atoms with Crippen LogP contribution in [0.3, 0.4) is 0 Å². The molecular weight excluding hydrogens is 192 g/mol. The predicted molar refractivity (Wildman–Crippen MR) is 53.3 cm³/mol. The van der Waals surface area contributed by atoms with Crippen LogP contribution in [-0.4, -0.2) is 28.3 Å². The number of fused-ring (bicyclic) bond motifs is 1. The van der Waals surface area contributed by atoms with Gasteiger partial charge in [-0.05, 0) is 6.07 Å². The van der Waals surface area contributed by atoms with E-state index in [2.05, 4.69) is 16.3 Å². The monoisotopic (exact) mass is 202 g/mol. The Balaban J connectivity index is 2.39. The lowest BCUT2D eigenvalue weighted by Crippen LogP contribution is -2.00. The smallest absolute Gasteiger partial charge is 0.162 e. The van der Waals surface area contributed by atoms with Crippen molar-refractivity contribution in [2.24, 2.45) is 0 Å². The number of hydrogen-bond acceptors (Lipinski definition) is 4. The van der Waals surface area contributed by atoms with Crippen LogP contribution in [0.5, 0.6) is 0 Å². The summed E-state index contributed by atoms with van der Waals surface area (Å²) in [4.78, 5) is 0. The maximum absolute atomic E-state index is 8.72. The number of rotatable bonds is 3. The fourth-order valence-corrected chi connectivity index (χ4v) is 1.37. The second-order valence-electron chi connectivity index (χ2n) is 3.11. The van der Waals surface area contributed by atoms with Crippen LogP contribution in [0.1, 0.15) is 11.4 Å². The zero-order valence-corrected chi connectivity index (χ0v) is 8.34. The minimum absolute atomic E-state index is 0.591. The van der Waals surface area contributed by atoms with Crippen LogP contribution in [0.15, 0.2) is 18.3 Å². The molecule has 5 nitrogen and oxygen atoms in total. The molecule has 0 bridgehead atoms. The quantitative estimate of drug-likeness (QED) is 0.738. The van der Waals surface area contributed by atoms with Gasteiger partial charge in [0.25, 0.3) is 0 Å². The number of methoxy groups -OCH3 is 1. The Labute approximate surface area is 86.9 Å². The van der Waals surface area contributed by atoms with Gasteiger partial charge in [0.15, 0.2) is 5.65 Å². The van der Waals surface area contributed by atoms with Crippen LogP contribution < -0.4 is 0 Å². The van der Waals surface area contributed by atoms with Crippen LogP contribution in [0.4, 0.5) is 0 Å². The first kappa shape index (κ1) is 9.62. The van der Waals surface area contributed by atoms with E-state index in [-0.39, 0.29) is 0 Å². The van der Waals surface area contributed by atoms with Crippen LogP contribution in [0.25, 0.3) is 5.65 Å². The topological polar surface area (TPSA) is 63.2 Å². The van der Waals surface area contributed by atoms with Crippen LogP contribution in [0, 0.1) is 11.3 Å². The minimum atomic E-state index is 0.591. The third-order valence-corrected chi connectivity index (χ3v) is 2.14. The van der Waals surface area contributed by atoms with Crippen molar-refractivity contribution in [3.8, 4) is 6.07 Å². The van der Waals surface area contributed by atoms with Crippen molar-refractivity contribution in [3.63, 3.8) is 0 Å². The van der Waals surface area contributed by atoms with Crippen molar-refractivity contribution < 1.29 is 4.74 Å². The maximum atomic E-state index is 8.72. The molecule has 0 saturated carbocycles. The van der Waals surface area contributed by atoms with Gasteiger partial charge in [-0.25, -0.2) is 0 Å². The summed E-state index contributed by atoms with van der Waals surface area (Å²) in [6, 6.07) is 5.52. The lowest BCUT2D eigenvalue weighted by atomic mass is 10.3. The highest BCUT2D eigenvalue weighted by atomic mass is 16.5. The second kappa shape index (κ2) is 4.07. The molecule has 0 atom stereocenters. The van der Waals surface area contributed by atoms with E-state index < -0.39 is 0 Å². The summed E-state index contributed by atoms with van der Waals surface area (Å²) in [5, 5.41) is 16.7. The number of ether oxygens (including phenoxy) is 1. The van der Waals surface area contributed by atoms with Gasteiger partial charge in [0.05, 0.1) is 18.2 Å². The average molecular weight is 202 g/mol. The molecule has 0 saturated heterocycles. The SMILES string of the molecule is COCCc1nnc2cc(C#N)ccn12. The Morgan fingerprint density at radius 1 is 1.53 bits per heavy atom. The molecule has 0 N–H and O–H groups in total. The van der Waals surface area contributed by atoms with Crippen molar-refractivity contribution in [1.29, 1.82) is 5.26 Å². The third-order valence-electron chi connectivity index (χ3n) is 2.14. The van der Waals surface area contributed by atoms with Crippen LogP contribution >= 0.6 is 0 Å². The molecule has 0 amide bonds. The molecule has 0 spiro atoms. The molecule has 0 aromatic carbocycles. The van der Waals surface area contributed by atoms with E-state index >= 15 is 0 Å². The second-order valence-corrected chi connectivity index (χ2v) is 3.11. The number of nitrogens with zero attached hydrogens (tertiary/aromatic N) is 4. The van der Waals surface area contributed by atoms with Gasteiger partial charge >= 0.3 is 0 Å². The molecule has 0 radical (unpaired) electrons. The highest BCUT2D eigenvalue weighted by Gasteiger charge is 2.05. The predicted octanol–water partition coefficient (Wildman–Crippen LogP) is 0.790. The third kappa shape index (κ3) is 1.80. The van der Waals surface area contributed by atoms with E-state index in [9.17, 15) is 0 Å². The fraction of sp³-hybridized carbons (Fsp3) is 0.300. The average Bonchev–Trinajstić information content (AvgIpc) is 2.68. The van der Waals surface area contributed by atoms with Gasteiger partial charge in [-0.3, -0.25) is 4.40 Å². The first-order chi connectivity index (χ1) is 7.35. The molecular formula is C10H10N4O. The molecule has 0 unspecified atom stereocenters. The molecule has 15 heavy (non-hydrogen) atoms. The number of nitriles is 1. The van der Waals surface area contributed by atoms with Gasteiger partial charge < -0.3 is 4.74 Å². The number of hydrogen-bond donors (Lipinski definition) is 0. The lowest BCUT2D eigenvalue weighted by Gasteiger charge is -1.98. The van der Waals surface area contributed by atoms with Crippen molar-refractivity contribution in [2.75, 3.05) is 13.7 Å².